The van der Waals surface area contributed by atoms with E-state index in [9.17, 15) is 4.79 Å². The molecule has 21 heavy (non-hydrogen) atoms. The molecule has 5 nitrogen and oxygen atoms in total. The van der Waals surface area contributed by atoms with Crippen molar-refractivity contribution >= 4 is 17.6 Å². The molecule has 0 aromatic heterocycles. The Balaban J connectivity index is 2.56. The van der Waals surface area contributed by atoms with Gasteiger partial charge >= 0.3 is 0 Å². The molecule has 0 aliphatic rings. The molecule has 3 N–H and O–H groups in total. The van der Waals surface area contributed by atoms with Crippen molar-refractivity contribution in [3.8, 4) is 0 Å². The molecule has 0 aliphatic carbocycles. The molecule has 0 spiro atoms. The summed E-state index contributed by atoms with van der Waals surface area (Å²) in [7, 11) is 1.72. The summed E-state index contributed by atoms with van der Waals surface area (Å²) < 4.78 is 0. The van der Waals surface area contributed by atoms with E-state index in [1.54, 1.807) is 13.1 Å². The highest BCUT2D eigenvalue weighted by Gasteiger charge is 2.02. The van der Waals surface area contributed by atoms with E-state index in [2.05, 4.69) is 27.5 Å². The van der Waals surface area contributed by atoms with Gasteiger partial charge in [0.2, 0.25) is 5.91 Å². The van der Waals surface area contributed by atoms with E-state index >= 15 is 0 Å². The van der Waals surface area contributed by atoms with E-state index in [1.165, 1.54) is 0 Å². The Morgan fingerprint density at radius 1 is 1.38 bits per heavy atom. The summed E-state index contributed by atoms with van der Waals surface area (Å²) in [6, 6.07) is 7.78. The van der Waals surface area contributed by atoms with Crippen molar-refractivity contribution in [3.63, 3.8) is 0 Å². The number of carbonyl (C=O) groups is 1. The molecular weight excluding hydrogens is 264 g/mol. The first-order valence-electron chi connectivity index (χ1n) is 7.13. The number of aliphatic imine (C=N–C) groups is 1. The second kappa shape index (κ2) is 9.58. The third kappa shape index (κ3) is 6.61. The first-order valence-corrected chi connectivity index (χ1v) is 7.13. The molecule has 114 valence electrons. The van der Waals surface area contributed by atoms with Crippen LogP contribution in [0.4, 0.5) is 5.69 Å². The number of amides is 1. The van der Waals surface area contributed by atoms with Crippen molar-refractivity contribution < 1.29 is 4.79 Å². The van der Waals surface area contributed by atoms with Gasteiger partial charge in [0.05, 0.1) is 0 Å². The van der Waals surface area contributed by atoms with Crippen molar-refractivity contribution in [1.29, 1.82) is 0 Å². The fourth-order valence-electron chi connectivity index (χ4n) is 1.78. The first kappa shape index (κ1) is 16.8. The minimum atomic E-state index is 0.0473. The summed E-state index contributed by atoms with van der Waals surface area (Å²) in [6.45, 7) is 6.93. The van der Waals surface area contributed by atoms with Crippen molar-refractivity contribution in [3.05, 3.63) is 42.5 Å². The van der Waals surface area contributed by atoms with Gasteiger partial charge in [0.25, 0.3) is 0 Å². The minimum absolute atomic E-state index is 0.0473. The zero-order valence-electron chi connectivity index (χ0n) is 12.8. The Labute approximate surface area is 126 Å². The summed E-state index contributed by atoms with van der Waals surface area (Å²) in [6.07, 6.45) is 3.16. The summed E-state index contributed by atoms with van der Waals surface area (Å²) >= 11 is 0. The Bertz CT molecular complexity index is 497. The quantitative estimate of drug-likeness (QED) is 0.410. The largest absolute Gasteiger partial charge is 0.353 e. The molecule has 5 heteroatoms. The SMILES string of the molecule is C=CCNC(=NC)NCc1cccc(NC(=O)CCC)c1. The highest BCUT2D eigenvalue weighted by atomic mass is 16.1. The highest BCUT2D eigenvalue weighted by molar-refractivity contribution is 5.90. The van der Waals surface area contributed by atoms with Gasteiger partial charge in [-0.25, -0.2) is 0 Å². The van der Waals surface area contributed by atoms with E-state index in [0.29, 0.717) is 19.5 Å². The van der Waals surface area contributed by atoms with Gasteiger partial charge in [-0.3, -0.25) is 9.79 Å². The van der Waals surface area contributed by atoms with Crippen LogP contribution < -0.4 is 16.0 Å². The van der Waals surface area contributed by atoms with Crippen molar-refractivity contribution in [2.45, 2.75) is 26.3 Å². The third-order valence-electron chi connectivity index (χ3n) is 2.79. The summed E-state index contributed by atoms with van der Waals surface area (Å²) in [5, 5.41) is 9.20. The van der Waals surface area contributed by atoms with Crippen molar-refractivity contribution in [1.82, 2.24) is 10.6 Å². The Kier molecular flexibility index (Phi) is 7.64. The van der Waals surface area contributed by atoms with Crippen LogP contribution in [0.25, 0.3) is 0 Å². The van der Waals surface area contributed by atoms with Crippen molar-refractivity contribution in [2.24, 2.45) is 4.99 Å². The molecule has 0 fully saturated rings. The van der Waals surface area contributed by atoms with E-state index in [1.807, 2.05) is 31.2 Å². The predicted molar refractivity (Wildman–Crippen MR) is 88.4 cm³/mol. The van der Waals surface area contributed by atoms with Crippen LogP contribution >= 0.6 is 0 Å². The zero-order chi connectivity index (χ0) is 15.5. The Morgan fingerprint density at radius 3 is 2.86 bits per heavy atom. The molecule has 1 aromatic rings. The fourth-order valence-corrected chi connectivity index (χ4v) is 1.78. The lowest BCUT2D eigenvalue weighted by Crippen LogP contribution is -2.36. The predicted octanol–water partition coefficient (Wildman–Crippen LogP) is 2.28. The van der Waals surface area contributed by atoms with Gasteiger partial charge in [-0.2, -0.15) is 0 Å². The van der Waals surface area contributed by atoms with E-state index in [-0.39, 0.29) is 5.91 Å². The third-order valence-corrected chi connectivity index (χ3v) is 2.79. The molecular formula is C16H24N4O. The van der Waals surface area contributed by atoms with Crippen LogP contribution in [0.15, 0.2) is 41.9 Å². The molecule has 0 saturated heterocycles. The smallest absolute Gasteiger partial charge is 0.224 e. The first-order chi connectivity index (χ1) is 10.2. The van der Waals surface area contributed by atoms with Crippen LogP contribution in [0.1, 0.15) is 25.3 Å². The molecule has 1 rings (SSSR count). The van der Waals surface area contributed by atoms with Crippen LogP contribution in [-0.2, 0) is 11.3 Å². The fraction of sp³-hybridized carbons (Fsp3) is 0.375. The monoisotopic (exact) mass is 288 g/mol. The number of anilines is 1. The molecule has 1 aromatic carbocycles. The molecule has 0 radical (unpaired) electrons. The van der Waals surface area contributed by atoms with Crippen LogP contribution in [0.3, 0.4) is 0 Å². The minimum Gasteiger partial charge on any atom is -0.353 e. The van der Waals surface area contributed by atoms with E-state index in [0.717, 1.165) is 23.6 Å². The average Bonchev–Trinajstić information content (AvgIpc) is 2.48. The van der Waals surface area contributed by atoms with Crippen LogP contribution in [0, 0.1) is 0 Å². The lowest BCUT2D eigenvalue weighted by molar-refractivity contribution is -0.116. The number of benzene rings is 1. The van der Waals surface area contributed by atoms with E-state index < -0.39 is 0 Å². The van der Waals surface area contributed by atoms with Gasteiger partial charge in [0, 0.05) is 32.2 Å². The number of rotatable bonds is 7. The zero-order valence-corrected chi connectivity index (χ0v) is 12.8. The molecule has 0 bridgehead atoms. The second-order valence-corrected chi connectivity index (χ2v) is 4.59. The molecule has 0 heterocycles. The van der Waals surface area contributed by atoms with Gasteiger partial charge in [0.1, 0.15) is 0 Å². The number of guanidine groups is 1. The molecule has 0 aliphatic heterocycles. The summed E-state index contributed by atoms with van der Waals surface area (Å²) in [5.41, 5.74) is 1.90. The number of nitrogens with one attached hydrogen (secondary N) is 3. The normalized spacial score (nSPS) is 10.9. The lowest BCUT2D eigenvalue weighted by Gasteiger charge is -2.11. The van der Waals surface area contributed by atoms with Gasteiger partial charge in [0.15, 0.2) is 5.96 Å². The Morgan fingerprint density at radius 2 is 2.19 bits per heavy atom. The number of nitrogens with zero attached hydrogens (tertiary/aromatic N) is 1. The standard InChI is InChI=1S/C16H24N4O/c1-4-7-15(21)20-14-9-6-8-13(11-14)12-19-16(17-3)18-10-5-2/h5-6,8-9,11H,2,4,7,10,12H2,1,3H3,(H,20,21)(H2,17,18,19). The van der Waals surface area contributed by atoms with Gasteiger partial charge in [-0.15, -0.1) is 6.58 Å². The van der Waals surface area contributed by atoms with Crippen molar-refractivity contribution in [2.75, 3.05) is 18.9 Å². The molecule has 1 amide bonds. The van der Waals surface area contributed by atoms with Crippen LogP contribution in [0.5, 0.6) is 0 Å². The number of hydrogen-bond acceptors (Lipinski definition) is 2. The number of carbonyl (C=O) groups excluding carboxylic acids is 1. The topological polar surface area (TPSA) is 65.5 Å². The van der Waals surface area contributed by atoms with Gasteiger partial charge in [-0.1, -0.05) is 25.1 Å². The average molecular weight is 288 g/mol. The van der Waals surface area contributed by atoms with Crippen LogP contribution in [-0.4, -0.2) is 25.5 Å². The number of hydrogen-bond donors (Lipinski definition) is 3. The summed E-state index contributed by atoms with van der Waals surface area (Å²) in [5.74, 6) is 0.765. The molecule has 0 atom stereocenters. The van der Waals surface area contributed by atoms with Crippen LogP contribution in [0.2, 0.25) is 0 Å². The second-order valence-electron chi connectivity index (χ2n) is 4.59. The molecule has 0 saturated carbocycles. The maximum Gasteiger partial charge on any atom is 0.224 e. The summed E-state index contributed by atoms with van der Waals surface area (Å²) in [4.78, 5) is 15.7. The van der Waals surface area contributed by atoms with E-state index in [4.69, 9.17) is 0 Å². The highest BCUT2D eigenvalue weighted by Crippen LogP contribution is 2.11. The van der Waals surface area contributed by atoms with Gasteiger partial charge in [-0.05, 0) is 24.1 Å². The van der Waals surface area contributed by atoms with Gasteiger partial charge < -0.3 is 16.0 Å². The maximum absolute atomic E-state index is 11.6. The lowest BCUT2D eigenvalue weighted by atomic mass is 10.2. The maximum atomic E-state index is 11.6. The molecule has 0 unspecified atom stereocenters. The Hall–Kier alpha value is -2.30.